The third-order valence-electron chi connectivity index (χ3n) is 1.06. The van der Waals surface area contributed by atoms with E-state index in [2.05, 4.69) is 19.0 Å². The van der Waals surface area contributed by atoms with E-state index < -0.39 is 0 Å². The van der Waals surface area contributed by atoms with Crippen molar-refractivity contribution in [1.29, 1.82) is 0 Å². The number of hydrogen-bond donors (Lipinski definition) is 1. The number of nitrogens with zero attached hydrogens (tertiary/aromatic N) is 1. The second kappa shape index (κ2) is 5.06. The van der Waals surface area contributed by atoms with Crippen LogP contribution in [-0.4, -0.2) is 32.1 Å². The lowest BCUT2D eigenvalue weighted by Gasteiger charge is -2.06. The minimum atomic E-state index is 0.827. The molecular formula is C6H16N2. The summed E-state index contributed by atoms with van der Waals surface area (Å²) in [6.07, 6.45) is 2.38. The molecule has 0 fully saturated rings. The smallest absolute Gasteiger partial charge is 0.00244 e. The van der Waals surface area contributed by atoms with E-state index in [4.69, 9.17) is 5.73 Å². The molecule has 0 amide bonds. The van der Waals surface area contributed by atoms with Gasteiger partial charge in [-0.3, -0.25) is 0 Å². The summed E-state index contributed by atoms with van der Waals surface area (Å²) in [5.74, 6) is 0. The third kappa shape index (κ3) is 5.92. The van der Waals surface area contributed by atoms with Crippen molar-refractivity contribution in [1.82, 2.24) is 4.90 Å². The van der Waals surface area contributed by atoms with Crippen molar-refractivity contribution in [2.75, 3.05) is 27.2 Å². The highest BCUT2D eigenvalue weighted by Crippen LogP contribution is 1.86. The van der Waals surface area contributed by atoms with Crippen LogP contribution < -0.4 is 5.73 Å². The zero-order valence-electron chi connectivity index (χ0n) is 5.85. The number of hydrogen-bond acceptors (Lipinski definition) is 2. The van der Waals surface area contributed by atoms with Gasteiger partial charge in [-0.15, -0.1) is 0 Å². The number of nitrogens with two attached hydrogens (primary N) is 1. The molecule has 0 aromatic carbocycles. The van der Waals surface area contributed by atoms with Crippen molar-refractivity contribution >= 4 is 0 Å². The van der Waals surface area contributed by atoms with Gasteiger partial charge in [0.15, 0.2) is 0 Å². The van der Waals surface area contributed by atoms with Crippen LogP contribution in [0.25, 0.3) is 0 Å². The van der Waals surface area contributed by atoms with Crippen LogP contribution in [0.5, 0.6) is 0 Å². The van der Waals surface area contributed by atoms with Gasteiger partial charge >= 0.3 is 0 Å². The zero-order valence-corrected chi connectivity index (χ0v) is 5.85. The lowest BCUT2D eigenvalue weighted by Crippen LogP contribution is -2.14. The maximum absolute atomic E-state index is 5.30. The van der Waals surface area contributed by atoms with Crippen LogP contribution in [-0.2, 0) is 0 Å². The molecule has 0 aliphatic rings. The summed E-state index contributed by atoms with van der Waals surface area (Å²) in [5, 5.41) is 0. The van der Waals surface area contributed by atoms with Gasteiger partial charge in [0, 0.05) is 0 Å². The molecule has 0 saturated carbocycles. The Kier molecular flexibility index (Phi) is 5.01. The molecule has 0 unspecified atom stereocenters. The second-order valence-corrected chi connectivity index (χ2v) is 2.30. The van der Waals surface area contributed by atoms with Crippen LogP contribution in [0.15, 0.2) is 0 Å². The predicted molar refractivity (Wildman–Crippen MR) is 36.8 cm³/mol. The average Bonchev–Trinajstić information content (AvgIpc) is 1.66. The molecule has 0 aromatic rings. The Bertz CT molecular complexity index is 43.8. The molecule has 0 spiro atoms. The van der Waals surface area contributed by atoms with Crippen molar-refractivity contribution in [2.45, 2.75) is 12.8 Å². The summed E-state index contributed by atoms with van der Waals surface area (Å²) < 4.78 is 0. The summed E-state index contributed by atoms with van der Waals surface area (Å²) in [6.45, 7) is 1.99. The van der Waals surface area contributed by atoms with Crippen LogP contribution in [0.1, 0.15) is 12.8 Å². The van der Waals surface area contributed by atoms with E-state index in [1.165, 1.54) is 6.42 Å². The predicted octanol–water partition coefficient (Wildman–Crippen LogP) is 0.287. The van der Waals surface area contributed by atoms with Crippen LogP contribution in [0.4, 0.5) is 0 Å². The fourth-order valence-electron chi connectivity index (χ4n) is 0.572. The van der Waals surface area contributed by atoms with Crippen molar-refractivity contribution in [3.05, 3.63) is 0 Å². The van der Waals surface area contributed by atoms with E-state index in [1.54, 1.807) is 0 Å². The number of unbranched alkanes of at least 4 members (excludes halogenated alkanes) is 1. The van der Waals surface area contributed by atoms with E-state index in [-0.39, 0.29) is 0 Å². The zero-order chi connectivity index (χ0) is 6.41. The van der Waals surface area contributed by atoms with E-state index in [0.29, 0.717) is 0 Å². The standard InChI is InChI=1S/C6H16N2/c1-8(2)6-4-3-5-7/h3-7H2,1-2H3/i5+1. The van der Waals surface area contributed by atoms with Crippen molar-refractivity contribution in [3.63, 3.8) is 0 Å². The Morgan fingerprint density at radius 3 is 2.25 bits per heavy atom. The molecule has 0 heterocycles. The largest absolute Gasteiger partial charge is 0.330 e. The average molecular weight is 117 g/mol. The van der Waals surface area contributed by atoms with Crippen LogP contribution in [0.2, 0.25) is 0 Å². The highest BCUT2D eigenvalue weighted by Gasteiger charge is 1.86. The van der Waals surface area contributed by atoms with E-state index in [9.17, 15) is 0 Å². The Labute approximate surface area is 51.7 Å². The molecule has 50 valence electrons. The van der Waals surface area contributed by atoms with E-state index in [1.807, 2.05) is 0 Å². The normalized spacial score (nSPS) is 10.5. The molecule has 0 aliphatic carbocycles. The van der Waals surface area contributed by atoms with Crippen LogP contribution in [0.3, 0.4) is 0 Å². The van der Waals surface area contributed by atoms with Crippen molar-refractivity contribution in [2.24, 2.45) is 5.73 Å². The minimum Gasteiger partial charge on any atom is -0.330 e. The van der Waals surface area contributed by atoms with Gasteiger partial charge in [0.1, 0.15) is 0 Å². The van der Waals surface area contributed by atoms with Gasteiger partial charge in [-0.05, 0) is 40.0 Å². The van der Waals surface area contributed by atoms with Crippen LogP contribution >= 0.6 is 0 Å². The van der Waals surface area contributed by atoms with Gasteiger partial charge in [-0.25, -0.2) is 0 Å². The molecule has 2 nitrogen and oxygen atoms in total. The fraction of sp³-hybridized carbons (Fsp3) is 1.00. The molecule has 0 aromatic heterocycles. The maximum Gasteiger partial charge on any atom is -0.00244 e. The highest BCUT2D eigenvalue weighted by molar-refractivity contribution is 4.44. The van der Waals surface area contributed by atoms with Crippen LogP contribution in [0, 0.1) is 0 Å². The fourth-order valence-corrected chi connectivity index (χ4v) is 0.572. The Balaban J connectivity index is 2.72. The Hall–Kier alpha value is -0.0800. The molecule has 8 heavy (non-hydrogen) atoms. The molecule has 0 radical (unpaired) electrons. The SMILES string of the molecule is CN(C)CCC[13CH2]N. The van der Waals surface area contributed by atoms with Crippen molar-refractivity contribution in [3.8, 4) is 0 Å². The topological polar surface area (TPSA) is 29.3 Å². The lowest BCUT2D eigenvalue weighted by molar-refractivity contribution is 0.396. The summed E-state index contributed by atoms with van der Waals surface area (Å²) >= 11 is 0. The van der Waals surface area contributed by atoms with Gasteiger partial charge in [0.2, 0.25) is 0 Å². The Morgan fingerprint density at radius 1 is 1.25 bits per heavy atom. The van der Waals surface area contributed by atoms with Gasteiger partial charge in [0.05, 0.1) is 0 Å². The summed E-state index contributed by atoms with van der Waals surface area (Å²) in [4.78, 5) is 2.18. The second-order valence-electron chi connectivity index (χ2n) is 2.30. The first-order valence-corrected chi connectivity index (χ1v) is 3.12. The van der Waals surface area contributed by atoms with Gasteiger partial charge in [-0.1, -0.05) is 0 Å². The first-order chi connectivity index (χ1) is 3.77. The van der Waals surface area contributed by atoms with Gasteiger partial charge < -0.3 is 10.6 Å². The highest BCUT2D eigenvalue weighted by atomic mass is 15.0. The molecule has 0 rings (SSSR count). The molecule has 0 bridgehead atoms. The van der Waals surface area contributed by atoms with E-state index in [0.717, 1.165) is 19.5 Å². The van der Waals surface area contributed by atoms with E-state index >= 15 is 0 Å². The Morgan fingerprint density at radius 2 is 1.88 bits per heavy atom. The molecule has 0 atom stereocenters. The lowest BCUT2D eigenvalue weighted by atomic mass is 10.4. The van der Waals surface area contributed by atoms with Gasteiger partial charge in [0.25, 0.3) is 0 Å². The summed E-state index contributed by atoms with van der Waals surface area (Å²) in [5.41, 5.74) is 5.30. The van der Waals surface area contributed by atoms with Crippen molar-refractivity contribution < 1.29 is 0 Å². The first-order valence-electron chi connectivity index (χ1n) is 3.12. The monoisotopic (exact) mass is 117 g/mol. The molecule has 2 heteroatoms. The van der Waals surface area contributed by atoms with Gasteiger partial charge in [-0.2, -0.15) is 0 Å². The maximum atomic E-state index is 5.30. The third-order valence-corrected chi connectivity index (χ3v) is 1.06. The quantitative estimate of drug-likeness (QED) is 0.423. The summed E-state index contributed by atoms with van der Waals surface area (Å²) in [6, 6.07) is 0. The molecule has 0 aliphatic heterocycles. The molecule has 0 saturated heterocycles. The number of rotatable bonds is 4. The molecule has 2 N–H and O–H groups in total. The minimum absolute atomic E-state index is 0.827. The molecular weight excluding hydrogens is 101 g/mol. The summed E-state index contributed by atoms with van der Waals surface area (Å²) in [7, 11) is 4.16. The first kappa shape index (κ1) is 7.92.